The van der Waals surface area contributed by atoms with Gasteiger partial charge in [-0.3, -0.25) is 4.99 Å². The second kappa shape index (κ2) is 10.7. The number of rotatable bonds is 7. The second-order valence-electron chi connectivity index (χ2n) is 6.45. The number of aliphatic imine (C=N–C) groups is 1. The number of esters is 1. The van der Waals surface area contributed by atoms with Gasteiger partial charge in [0.1, 0.15) is 0 Å². The normalized spacial score (nSPS) is 11.1. The molecule has 0 unspecified atom stereocenters. The highest BCUT2D eigenvalue weighted by molar-refractivity contribution is 9.10. The van der Waals surface area contributed by atoms with Crippen molar-refractivity contribution >= 4 is 57.4 Å². The highest BCUT2D eigenvalue weighted by Gasteiger charge is 2.14. The zero-order chi connectivity index (χ0) is 23.1. The Labute approximate surface area is 197 Å². The lowest BCUT2D eigenvalue weighted by Crippen LogP contribution is -2.06. The Morgan fingerprint density at radius 2 is 1.72 bits per heavy atom. The van der Waals surface area contributed by atoms with Gasteiger partial charge in [0.25, 0.3) is 0 Å². The van der Waals surface area contributed by atoms with Crippen molar-refractivity contribution in [1.29, 1.82) is 0 Å². The Morgan fingerprint density at radius 3 is 2.34 bits per heavy atom. The van der Waals surface area contributed by atoms with Crippen molar-refractivity contribution in [3.8, 4) is 11.5 Å². The van der Waals surface area contributed by atoms with E-state index in [1.165, 1.54) is 25.3 Å². The quantitative estimate of drug-likeness (QED) is 0.176. The fraction of sp³-hybridized carbons (Fsp3) is 0.0417. The predicted molar refractivity (Wildman–Crippen MR) is 127 cm³/mol. The van der Waals surface area contributed by atoms with Crippen molar-refractivity contribution in [1.82, 2.24) is 0 Å². The van der Waals surface area contributed by atoms with E-state index in [0.717, 1.165) is 5.56 Å². The number of ether oxygens (including phenoxy) is 2. The first-order valence-electron chi connectivity index (χ1n) is 9.26. The molecule has 0 fully saturated rings. The highest BCUT2D eigenvalue weighted by Crippen LogP contribution is 2.36. The maximum Gasteiger partial charge on any atom is 0.336 e. The van der Waals surface area contributed by atoms with Gasteiger partial charge in [0, 0.05) is 17.3 Å². The fourth-order valence-electron chi connectivity index (χ4n) is 2.63. The van der Waals surface area contributed by atoms with Gasteiger partial charge in [0.2, 0.25) is 0 Å². The van der Waals surface area contributed by atoms with Crippen molar-refractivity contribution < 1.29 is 24.2 Å². The van der Waals surface area contributed by atoms with Crippen LogP contribution in [0.4, 0.5) is 5.69 Å². The molecule has 162 valence electrons. The minimum atomic E-state index is -0.998. The average Bonchev–Trinajstić information content (AvgIpc) is 2.79. The fourth-order valence-corrected chi connectivity index (χ4v) is 3.29. The van der Waals surface area contributed by atoms with Crippen molar-refractivity contribution in [3.63, 3.8) is 0 Å². The molecule has 1 N–H and O–H groups in total. The molecule has 0 bridgehead atoms. The van der Waals surface area contributed by atoms with Gasteiger partial charge in [0.15, 0.2) is 11.5 Å². The van der Waals surface area contributed by atoms with Crippen LogP contribution in [0.25, 0.3) is 6.08 Å². The Balaban J connectivity index is 1.74. The molecule has 0 aliphatic heterocycles. The summed E-state index contributed by atoms with van der Waals surface area (Å²) in [6.45, 7) is 0. The molecule has 0 spiro atoms. The zero-order valence-corrected chi connectivity index (χ0v) is 19.1. The second-order valence-corrected chi connectivity index (χ2v) is 7.74. The average molecular weight is 515 g/mol. The SMILES string of the molecule is COc1cc(C=Nc2ccc(C(=O)O)cc2)cc(Br)c1OC(=O)/C=C/c1ccc(Cl)cc1. The third-order valence-electron chi connectivity index (χ3n) is 4.21. The molecule has 0 aromatic heterocycles. The first kappa shape index (κ1) is 23.2. The Bertz CT molecular complexity index is 1190. The van der Waals surface area contributed by atoms with Gasteiger partial charge in [-0.25, -0.2) is 9.59 Å². The molecule has 6 nitrogen and oxygen atoms in total. The van der Waals surface area contributed by atoms with Crippen molar-refractivity contribution in [2.24, 2.45) is 4.99 Å². The Morgan fingerprint density at radius 1 is 1.03 bits per heavy atom. The zero-order valence-electron chi connectivity index (χ0n) is 16.8. The van der Waals surface area contributed by atoms with Crippen LogP contribution in [0, 0.1) is 0 Å². The largest absolute Gasteiger partial charge is 0.493 e. The number of hydrogen-bond acceptors (Lipinski definition) is 5. The number of nitrogens with zero attached hydrogens (tertiary/aromatic N) is 1. The summed E-state index contributed by atoms with van der Waals surface area (Å²) in [6, 6.07) is 16.6. The minimum absolute atomic E-state index is 0.185. The summed E-state index contributed by atoms with van der Waals surface area (Å²) in [5.41, 5.74) is 2.27. The minimum Gasteiger partial charge on any atom is -0.493 e. The Kier molecular flexibility index (Phi) is 7.81. The topological polar surface area (TPSA) is 85.2 Å². The number of carboxylic acid groups (broad SMARTS) is 1. The molecule has 3 aromatic carbocycles. The van der Waals surface area contributed by atoms with Crippen LogP contribution in [0.1, 0.15) is 21.5 Å². The van der Waals surface area contributed by atoms with Crippen LogP contribution in [0.5, 0.6) is 11.5 Å². The van der Waals surface area contributed by atoms with Gasteiger partial charge in [-0.05, 0) is 81.7 Å². The number of aromatic carboxylic acids is 1. The van der Waals surface area contributed by atoms with Gasteiger partial charge in [0.05, 0.1) is 22.8 Å². The van der Waals surface area contributed by atoms with Crippen LogP contribution in [-0.2, 0) is 4.79 Å². The number of methoxy groups -OCH3 is 1. The van der Waals surface area contributed by atoms with Crippen LogP contribution in [0.15, 0.2) is 76.2 Å². The Hall–Kier alpha value is -3.42. The molecular formula is C24H17BrClNO5. The molecular weight excluding hydrogens is 498 g/mol. The van der Waals surface area contributed by atoms with Crippen molar-refractivity contribution in [2.75, 3.05) is 7.11 Å². The van der Waals surface area contributed by atoms with Crippen molar-refractivity contribution in [3.05, 3.63) is 92.9 Å². The van der Waals surface area contributed by atoms with Crippen LogP contribution in [0.3, 0.4) is 0 Å². The molecule has 8 heteroatoms. The molecule has 0 saturated heterocycles. The molecule has 0 heterocycles. The molecule has 3 rings (SSSR count). The van der Waals surface area contributed by atoms with Gasteiger partial charge in [-0.2, -0.15) is 0 Å². The summed E-state index contributed by atoms with van der Waals surface area (Å²) in [6.07, 6.45) is 4.52. The number of carboxylic acids is 1. The monoisotopic (exact) mass is 513 g/mol. The van der Waals surface area contributed by atoms with E-state index in [-0.39, 0.29) is 11.3 Å². The van der Waals surface area contributed by atoms with Gasteiger partial charge >= 0.3 is 11.9 Å². The molecule has 0 atom stereocenters. The first-order chi connectivity index (χ1) is 15.4. The molecule has 0 aliphatic rings. The lowest BCUT2D eigenvalue weighted by molar-refractivity contribution is -0.129. The van der Waals surface area contributed by atoms with E-state index in [2.05, 4.69) is 20.9 Å². The number of carbonyl (C=O) groups excluding carboxylic acids is 1. The number of halogens is 2. The predicted octanol–water partition coefficient (Wildman–Crippen LogP) is 6.18. The van der Waals surface area contributed by atoms with Gasteiger partial charge in [-0.15, -0.1) is 0 Å². The smallest absolute Gasteiger partial charge is 0.336 e. The number of benzene rings is 3. The van der Waals surface area contributed by atoms with Crippen LogP contribution in [-0.4, -0.2) is 30.4 Å². The van der Waals surface area contributed by atoms with E-state index in [9.17, 15) is 9.59 Å². The van der Waals surface area contributed by atoms with Gasteiger partial charge < -0.3 is 14.6 Å². The van der Waals surface area contributed by atoms with Crippen LogP contribution in [0.2, 0.25) is 5.02 Å². The van der Waals surface area contributed by atoms with Crippen LogP contribution >= 0.6 is 27.5 Å². The van der Waals surface area contributed by atoms with Gasteiger partial charge in [-0.1, -0.05) is 23.7 Å². The molecule has 0 radical (unpaired) electrons. The lowest BCUT2D eigenvalue weighted by atomic mass is 10.2. The molecule has 0 aliphatic carbocycles. The summed E-state index contributed by atoms with van der Waals surface area (Å²) in [5.74, 6) is -0.988. The van der Waals surface area contributed by atoms with E-state index >= 15 is 0 Å². The van der Waals surface area contributed by atoms with Crippen LogP contribution < -0.4 is 9.47 Å². The lowest BCUT2D eigenvalue weighted by Gasteiger charge is -2.11. The summed E-state index contributed by atoms with van der Waals surface area (Å²) in [4.78, 5) is 27.5. The molecule has 32 heavy (non-hydrogen) atoms. The van der Waals surface area contributed by atoms with E-state index in [4.69, 9.17) is 26.2 Å². The van der Waals surface area contributed by atoms with Crippen molar-refractivity contribution in [2.45, 2.75) is 0 Å². The first-order valence-corrected chi connectivity index (χ1v) is 10.4. The third kappa shape index (κ3) is 6.29. The van der Waals surface area contributed by atoms with E-state index in [1.54, 1.807) is 60.8 Å². The third-order valence-corrected chi connectivity index (χ3v) is 5.05. The van der Waals surface area contributed by atoms with E-state index < -0.39 is 11.9 Å². The standard InChI is InChI=1S/C24H17BrClNO5/c1-31-21-13-16(14-27-19-9-5-17(6-10-19)24(29)30)12-20(25)23(21)32-22(28)11-4-15-2-7-18(26)8-3-15/h2-14H,1H3,(H,29,30)/b11-4+,27-14?. The molecule has 0 amide bonds. The number of carbonyl (C=O) groups is 2. The summed E-state index contributed by atoms with van der Waals surface area (Å²) >= 11 is 9.25. The summed E-state index contributed by atoms with van der Waals surface area (Å²) < 4.78 is 11.3. The maximum absolute atomic E-state index is 12.3. The van der Waals surface area contributed by atoms with E-state index in [0.29, 0.717) is 26.5 Å². The maximum atomic E-state index is 12.3. The summed E-state index contributed by atoms with van der Waals surface area (Å²) in [5, 5.41) is 9.57. The highest BCUT2D eigenvalue weighted by atomic mass is 79.9. The molecule has 3 aromatic rings. The summed E-state index contributed by atoms with van der Waals surface area (Å²) in [7, 11) is 1.47. The van der Waals surface area contributed by atoms with E-state index in [1.807, 2.05) is 0 Å². The number of hydrogen-bond donors (Lipinski definition) is 1. The molecule has 0 saturated carbocycles.